The van der Waals surface area contributed by atoms with Crippen LogP contribution in [-0.2, 0) is 14.3 Å². The SMILES string of the molecule is CCNC(=O)C(CNC(=O)OC(C)(C)C)c1ccc(OC(=O)C2(C)CC2)cc1. The molecule has 1 aromatic rings. The number of amides is 2. The smallest absolute Gasteiger partial charge is 0.407 e. The van der Waals surface area contributed by atoms with Crippen molar-refractivity contribution in [3.63, 3.8) is 0 Å². The summed E-state index contributed by atoms with van der Waals surface area (Å²) in [6.07, 6.45) is 1.11. The van der Waals surface area contributed by atoms with E-state index in [1.807, 2.05) is 13.8 Å². The third-order valence-electron chi connectivity index (χ3n) is 4.50. The fraction of sp³-hybridized carbons (Fsp3) is 0.571. The lowest BCUT2D eigenvalue weighted by Crippen LogP contribution is -2.39. The van der Waals surface area contributed by atoms with Crippen molar-refractivity contribution in [1.29, 1.82) is 0 Å². The van der Waals surface area contributed by atoms with Crippen molar-refractivity contribution in [2.75, 3.05) is 13.1 Å². The largest absolute Gasteiger partial charge is 0.444 e. The maximum atomic E-state index is 12.5. The number of carbonyl (C=O) groups excluding carboxylic acids is 3. The number of nitrogens with one attached hydrogen (secondary N) is 2. The predicted molar refractivity (Wildman–Crippen MR) is 105 cm³/mol. The number of likely N-dealkylation sites (N-methyl/N-ethyl adjacent to an activating group) is 1. The summed E-state index contributed by atoms with van der Waals surface area (Å²) in [6, 6.07) is 6.79. The molecule has 1 saturated carbocycles. The molecule has 0 saturated heterocycles. The first-order chi connectivity index (χ1) is 13.0. The van der Waals surface area contributed by atoms with Crippen molar-refractivity contribution < 1.29 is 23.9 Å². The molecule has 1 atom stereocenters. The zero-order valence-corrected chi connectivity index (χ0v) is 17.3. The molecule has 1 fully saturated rings. The lowest BCUT2D eigenvalue weighted by molar-refractivity contribution is -0.139. The van der Waals surface area contributed by atoms with Crippen molar-refractivity contribution in [2.45, 2.75) is 59.0 Å². The average molecular weight is 390 g/mol. The summed E-state index contributed by atoms with van der Waals surface area (Å²) in [5.41, 5.74) is -0.270. The molecule has 28 heavy (non-hydrogen) atoms. The highest BCUT2D eigenvalue weighted by Crippen LogP contribution is 2.46. The van der Waals surface area contributed by atoms with Crippen LogP contribution in [0, 0.1) is 5.41 Å². The summed E-state index contributed by atoms with van der Waals surface area (Å²) < 4.78 is 10.6. The van der Waals surface area contributed by atoms with Gasteiger partial charge in [0.05, 0.1) is 11.3 Å². The second-order valence-electron chi connectivity index (χ2n) is 8.35. The van der Waals surface area contributed by atoms with Crippen LogP contribution in [-0.4, -0.2) is 36.7 Å². The van der Waals surface area contributed by atoms with Crippen LogP contribution in [0.4, 0.5) is 4.79 Å². The maximum Gasteiger partial charge on any atom is 0.407 e. The van der Waals surface area contributed by atoms with Crippen molar-refractivity contribution >= 4 is 18.0 Å². The summed E-state index contributed by atoms with van der Waals surface area (Å²) in [4.78, 5) is 36.4. The van der Waals surface area contributed by atoms with Gasteiger partial charge in [-0.15, -0.1) is 0 Å². The van der Waals surface area contributed by atoms with Gasteiger partial charge in [-0.05, 0) is 65.2 Å². The zero-order valence-electron chi connectivity index (χ0n) is 17.3. The molecule has 7 heteroatoms. The Morgan fingerprint density at radius 3 is 2.21 bits per heavy atom. The molecule has 2 amide bonds. The van der Waals surface area contributed by atoms with Gasteiger partial charge in [-0.25, -0.2) is 4.79 Å². The third kappa shape index (κ3) is 6.25. The first kappa shape index (κ1) is 21.7. The van der Waals surface area contributed by atoms with E-state index >= 15 is 0 Å². The van der Waals surface area contributed by atoms with Gasteiger partial charge in [0.25, 0.3) is 0 Å². The van der Waals surface area contributed by atoms with E-state index < -0.39 is 17.6 Å². The van der Waals surface area contributed by atoms with Gasteiger partial charge in [0.1, 0.15) is 11.4 Å². The number of hydrogen-bond acceptors (Lipinski definition) is 5. The molecule has 1 aliphatic carbocycles. The lowest BCUT2D eigenvalue weighted by atomic mass is 9.98. The topological polar surface area (TPSA) is 93.7 Å². The number of esters is 1. The molecular formula is C21H30N2O5. The Morgan fingerprint density at radius 1 is 1.11 bits per heavy atom. The van der Waals surface area contributed by atoms with Gasteiger partial charge in [-0.1, -0.05) is 12.1 Å². The van der Waals surface area contributed by atoms with Gasteiger partial charge in [0.15, 0.2) is 0 Å². The van der Waals surface area contributed by atoms with Crippen LogP contribution < -0.4 is 15.4 Å². The van der Waals surface area contributed by atoms with Crippen LogP contribution in [0.5, 0.6) is 5.75 Å². The minimum atomic E-state index is -0.616. The first-order valence-electron chi connectivity index (χ1n) is 9.61. The fourth-order valence-electron chi connectivity index (χ4n) is 2.55. The van der Waals surface area contributed by atoms with Crippen LogP contribution in [0.1, 0.15) is 58.9 Å². The van der Waals surface area contributed by atoms with E-state index in [0.29, 0.717) is 17.9 Å². The van der Waals surface area contributed by atoms with E-state index in [0.717, 1.165) is 12.8 Å². The van der Waals surface area contributed by atoms with Crippen LogP contribution >= 0.6 is 0 Å². The number of hydrogen-bond donors (Lipinski definition) is 2. The standard InChI is InChI=1S/C21H30N2O5/c1-6-22-17(24)16(13-23-19(26)28-20(2,3)4)14-7-9-15(10-8-14)27-18(25)21(5)11-12-21/h7-10,16H,6,11-13H2,1-5H3,(H,22,24)(H,23,26). The van der Waals surface area contributed by atoms with E-state index in [1.54, 1.807) is 45.0 Å². The maximum absolute atomic E-state index is 12.5. The molecule has 0 bridgehead atoms. The monoisotopic (exact) mass is 390 g/mol. The van der Waals surface area contributed by atoms with Crippen LogP contribution in [0.15, 0.2) is 24.3 Å². The van der Waals surface area contributed by atoms with E-state index in [2.05, 4.69) is 10.6 Å². The van der Waals surface area contributed by atoms with E-state index in [9.17, 15) is 14.4 Å². The summed E-state index contributed by atoms with van der Waals surface area (Å²) in [5.74, 6) is -0.573. The van der Waals surface area contributed by atoms with E-state index in [1.165, 1.54) is 0 Å². The van der Waals surface area contributed by atoms with Gasteiger partial charge in [0, 0.05) is 13.1 Å². The molecule has 1 unspecified atom stereocenters. The van der Waals surface area contributed by atoms with Crippen molar-refractivity contribution in [2.24, 2.45) is 5.41 Å². The molecule has 154 valence electrons. The fourth-order valence-corrected chi connectivity index (χ4v) is 2.55. The van der Waals surface area contributed by atoms with Crippen molar-refractivity contribution in [3.05, 3.63) is 29.8 Å². The third-order valence-corrected chi connectivity index (χ3v) is 4.50. The van der Waals surface area contributed by atoms with Crippen molar-refractivity contribution in [3.8, 4) is 5.75 Å². The summed E-state index contributed by atoms with van der Waals surface area (Å²) >= 11 is 0. The molecule has 0 spiro atoms. The Kier molecular flexibility index (Phi) is 6.69. The Hall–Kier alpha value is -2.57. The van der Waals surface area contributed by atoms with Crippen LogP contribution in [0.25, 0.3) is 0 Å². The van der Waals surface area contributed by atoms with Gasteiger partial charge >= 0.3 is 12.1 Å². The van der Waals surface area contributed by atoms with Crippen molar-refractivity contribution in [1.82, 2.24) is 10.6 Å². The normalized spacial score (nSPS) is 15.9. The minimum Gasteiger partial charge on any atom is -0.444 e. The number of ether oxygens (including phenoxy) is 2. The highest BCUT2D eigenvalue weighted by atomic mass is 16.6. The van der Waals surface area contributed by atoms with E-state index in [-0.39, 0.29) is 23.8 Å². The predicted octanol–water partition coefficient (Wildman–Crippen LogP) is 3.14. The zero-order chi connectivity index (χ0) is 20.9. The second kappa shape index (κ2) is 8.63. The Balaban J connectivity index is 2.04. The lowest BCUT2D eigenvalue weighted by Gasteiger charge is -2.22. The molecule has 7 nitrogen and oxygen atoms in total. The molecule has 2 rings (SSSR count). The molecule has 2 N–H and O–H groups in total. The minimum absolute atomic E-state index is 0.0952. The molecule has 0 aromatic heterocycles. The average Bonchev–Trinajstić information content (AvgIpc) is 3.34. The quantitative estimate of drug-likeness (QED) is 0.551. The highest BCUT2D eigenvalue weighted by molar-refractivity contribution is 5.85. The number of carbonyl (C=O) groups is 3. The number of benzene rings is 1. The molecule has 0 aliphatic heterocycles. The molecule has 0 heterocycles. The van der Waals surface area contributed by atoms with Gasteiger partial charge in [-0.2, -0.15) is 0 Å². The molecular weight excluding hydrogens is 360 g/mol. The molecule has 1 aromatic carbocycles. The van der Waals surface area contributed by atoms with Crippen LogP contribution in [0.2, 0.25) is 0 Å². The van der Waals surface area contributed by atoms with Crippen LogP contribution in [0.3, 0.4) is 0 Å². The Bertz CT molecular complexity index is 717. The molecule has 0 radical (unpaired) electrons. The van der Waals surface area contributed by atoms with E-state index in [4.69, 9.17) is 9.47 Å². The van der Waals surface area contributed by atoms with Gasteiger partial charge < -0.3 is 20.1 Å². The first-order valence-corrected chi connectivity index (χ1v) is 9.61. The highest BCUT2D eigenvalue weighted by Gasteiger charge is 2.46. The Morgan fingerprint density at radius 2 is 1.71 bits per heavy atom. The van der Waals surface area contributed by atoms with Gasteiger partial charge in [0.2, 0.25) is 5.91 Å². The number of alkyl carbamates (subject to hydrolysis) is 1. The summed E-state index contributed by atoms with van der Waals surface area (Å²) in [7, 11) is 0. The van der Waals surface area contributed by atoms with Gasteiger partial charge in [-0.3, -0.25) is 9.59 Å². The molecule has 1 aliphatic rings. The summed E-state index contributed by atoms with van der Waals surface area (Å²) in [6.45, 7) is 9.62. The Labute approximate surface area is 166 Å². The second-order valence-corrected chi connectivity index (χ2v) is 8.35. The summed E-state index contributed by atoms with van der Waals surface area (Å²) in [5, 5.41) is 5.42. The number of rotatable bonds is 7.